The highest BCUT2D eigenvalue weighted by Gasteiger charge is 2.20. The molecule has 1 aliphatic heterocycles. The Kier molecular flexibility index (Phi) is 6.15. The maximum atomic E-state index is 5.94. The van der Waals surface area contributed by atoms with Crippen LogP contribution in [0.1, 0.15) is 31.7 Å². The summed E-state index contributed by atoms with van der Waals surface area (Å²) in [5, 5.41) is 4.28. The quantitative estimate of drug-likeness (QED) is 0.823. The molecule has 1 aromatic carbocycles. The minimum absolute atomic E-state index is 0.468. The van der Waals surface area contributed by atoms with Crippen LogP contribution in [0.2, 0.25) is 5.02 Å². The molecule has 106 valence electrons. The van der Waals surface area contributed by atoms with Gasteiger partial charge in [-0.1, -0.05) is 30.7 Å². The molecule has 0 spiro atoms. The summed E-state index contributed by atoms with van der Waals surface area (Å²) in [4.78, 5) is 0. The van der Waals surface area contributed by atoms with Crippen LogP contribution in [0.4, 0.5) is 0 Å². The van der Waals surface area contributed by atoms with Gasteiger partial charge in [-0.3, -0.25) is 0 Å². The molecule has 1 N–H and O–H groups in total. The van der Waals surface area contributed by atoms with Gasteiger partial charge < -0.3 is 10.1 Å². The van der Waals surface area contributed by atoms with Gasteiger partial charge in [0.15, 0.2) is 0 Å². The third-order valence-electron chi connectivity index (χ3n) is 3.74. The van der Waals surface area contributed by atoms with E-state index in [1.165, 1.54) is 18.4 Å². The molecule has 19 heavy (non-hydrogen) atoms. The number of benzene rings is 1. The number of nitrogens with one attached hydrogen (secondary N) is 1. The van der Waals surface area contributed by atoms with Crippen molar-refractivity contribution in [1.29, 1.82) is 0 Å². The molecule has 1 saturated heterocycles. The molecule has 1 fully saturated rings. The predicted molar refractivity (Wildman–Crippen MR) is 80.8 cm³/mol. The fraction of sp³-hybridized carbons (Fsp3) is 0.625. The fourth-order valence-electron chi connectivity index (χ4n) is 2.74. The van der Waals surface area contributed by atoms with E-state index in [1.807, 2.05) is 12.1 Å². The highest BCUT2D eigenvalue weighted by molar-refractivity contribution is 6.30. The zero-order valence-electron chi connectivity index (χ0n) is 11.7. The van der Waals surface area contributed by atoms with Gasteiger partial charge in [-0.15, -0.1) is 0 Å². The lowest BCUT2D eigenvalue weighted by Gasteiger charge is -2.21. The monoisotopic (exact) mass is 281 g/mol. The first kappa shape index (κ1) is 14.8. The Morgan fingerprint density at radius 1 is 1.37 bits per heavy atom. The first-order chi connectivity index (χ1) is 9.28. The Morgan fingerprint density at radius 2 is 2.16 bits per heavy atom. The van der Waals surface area contributed by atoms with Crippen molar-refractivity contribution in [1.82, 2.24) is 5.32 Å². The molecule has 1 heterocycles. The van der Waals surface area contributed by atoms with E-state index in [4.69, 9.17) is 16.3 Å². The molecule has 3 heteroatoms. The normalized spacial score (nSPS) is 20.6. The summed E-state index contributed by atoms with van der Waals surface area (Å²) in [7, 11) is 0. The van der Waals surface area contributed by atoms with Crippen LogP contribution in [0.5, 0.6) is 0 Å². The van der Waals surface area contributed by atoms with Gasteiger partial charge in [0.25, 0.3) is 0 Å². The molecular formula is C16H24ClNO. The summed E-state index contributed by atoms with van der Waals surface area (Å²) in [6, 6.07) is 8.23. The summed E-state index contributed by atoms with van der Waals surface area (Å²) in [6.45, 7) is 5.20. The predicted octanol–water partition coefficient (Wildman–Crippen LogP) is 3.68. The first-order valence-corrected chi connectivity index (χ1v) is 7.72. The largest absolute Gasteiger partial charge is 0.378 e. The van der Waals surface area contributed by atoms with E-state index in [1.54, 1.807) is 0 Å². The highest BCUT2D eigenvalue weighted by atomic mass is 35.5. The standard InChI is InChI=1S/C16H24ClNO/c1-2-18-12-14(11-16-4-3-9-19-16)10-13-5-7-15(17)8-6-13/h5-8,14,16,18H,2-4,9-12H2,1H3. The van der Waals surface area contributed by atoms with Crippen LogP contribution < -0.4 is 5.32 Å². The van der Waals surface area contributed by atoms with Gasteiger partial charge in [0.2, 0.25) is 0 Å². The van der Waals surface area contributed by atoms with Crippen LogP contribution in [0.3, 0.4) is 0 Å². The lowest BCUT2D eigenvalue weighted by atomic mass is 9.92. The molecule has 2 rings (SSSR count). The van der Waals surface area contributed by atoms with Crippen molar-refractivity contribution in [2.24, 2.45) is 5.92 Å². The van der Waals surface area contributed by atoms with E-state index in [9.17, 15) is 0 Å². The number of halogens is 1. The lowest BCUT2D eigenvalue weighted by Crippen LogP contribution is -2.27. The Bertz CT molecular complexity index is 360. The van der Waals surface area contributed by atoms with Crippen LogP contribution in [0.25, 0.3) is 0 Å². The Hall–Kier alpha value is -0.570. The lowest BCUT2D eigenvalue weighted by molar-refractivity contribution is 0.0893. The van der Waals surface area contributed by atoms with Gasteiger partial charge in [-0.2, -0.15) is 0 Å². The zero-order chi connectivity index (χ0) is 13.5. The number of ether oxygens (including phenoxy) is 1. The van der Waals surface area contributed by atoms with Crippen molar-refractivity contribution < 1.29 is 4.74 Å². The summed E-state index contributed by atoms with van der Waals surface area (Å²) in [6.07, 6.45) is 5.18. The molecular weight excluding hydrogens is 258 g/mol. The summed E-state index contributed by atoms with van der Waals surface area (Å²) in [5.41, 5.74) is 1.37. The zero-order valence-corrected chi connectivity index (χ0v) is 12.5. The van der Waals surface area contributed by atoms with Crippen molar-refractivity contribution in [3.05, 3.63) is 34.9 Å². The number of hydrogen-bond donors (Lipinski definition) is 1. The molecule has 1 aromatic rings. The second-order valence-corrected chi connectivity index (χ2v) is 5.81. The van der Waals surface area contributed by atoms with Crippen molar-refractivity contribution >= 4 is 11.6 Å². The van der Waals surface area contributed by atoms with E-state index in [2.05, 4.69) is 24.4 Å². The maximum Gasteiger partial charge on any atom is 0.0579 e. The van der Waals surface area contributed by atoms with Crippen molar-refractivity contribution in [3.63, 3.8) is 0 Å². The highest BCUT2D eigenvalue weighted by Crippen LogP contribution is 2.23. The fourth-order valence-corrected chi connectivity index (χ4v) is 2.87. The Balaban J connectivity index is 1.89. The van der Waals surface area contributed by atoms with Gasteiger partial charge in [0.05, 0.1) is 6.10 Å². The number of hydrogen-bond acceptors (Lipinski definition) is 2. The van der Waals surface area contributed by atoms with E-state index in [-0.39, 0.29) is 0 Å². The van der Waals surface area contributed by atoms with E-state index < -0.39 is 0 Å². The van der Waals surface area contributed by atoms with Crippen LogP contribution in [-0.4, -0.2) is 25.8 Å². The second kappa shape index (κ2) is 7.88. The molecule has 2 nitrogen and oxygen atoms in total. The topological polar surface area (TPSA) is 21.3 Å². The third-order valence-corrected chi connectivity index (χ3v) is 3.99. The second-order valence-electron chi connectivity index (χ2n) is 5.38. The Morgan fingerprint density at radius 3 is 2.79 bits per heavy atom. The SMILES string of the molecule is CCNCC(Cc1ccc(Cl)cc1)CC1CCCO1. The van der Waals surface area contributed by atoms with Gasteiger partial charge >= 0.3 is 0 Å². The van der Waals surface area contributed by atoms with Crippen LogP contribution >= 0.6 is 11.6 Å². The maximum absolute atomic E-state index is 5.94. The van der Waals surface area contributed by atoms with Crippen LogP contribution in [-0.2, 0) is 11.2 Å². The van der Waals surface area contributed by atoms with Crippen molar-refractivity contribution in [3.8, 4) is 0 Å². The van der Waals surface area contributed by atoms with E-state index in [0.29, 0.717) is 12.0 Å². The molecule has 0 bridgehead atoms. The summed E-state index contributed by atoms with van der Waals surface area (Å²) >= 11 is 5.94. The van der Waals surface area contributed by atoms with Gasteiger partial charge in [0.1, 0.15) is 0 Å². The molecule has 0 aliphatic carbocycles. The summed E-state index contributed by atoms with van der Waals surface area (Å²) in [5.74, 6) is 0.643. The molecule has 2 unspecified atom stereocenters. The van der Waals surface area contributed by atoms with Gasteiger partial charge in [-0.05, 0) is 62.4 Å². The molecule has 0 saturated carbocycles. The van der Waals surface area contributed by atoms with Gasteiger partial charge in [0, 0.05) is 11.6 Å². The van der Waals surface area contributed by atoms with Crippen molar-refractivity contribution in [2.45, 2.75) is 38.7 Å². The smallest absolute Gasteiger partial charge is 0.0579 e. The molecule has 1 aliphatic rings. The minimum atomic E-state index is 0.468. The average Bonchev–Trinajstić information content (AvgIpc) is 2.91. The summed E-state index contributed by atoms with van der Waals surface area (Å²) < 4.78 is 5.77. The van der Waals surface area contributed by atoms with E-state index >= 15 is 0 Å². The van der Waals surface area contributed by atoms with Crippen molar-refractivity contribution in [2.75, 3.05) is 19.7 Å². The van der Waals surface area contributed by atoms with Crippen LogP contribution in [0, 0.1) is 5.92 Å². The van der Waals surface area contributed by atoms with Gasteiger partial charge in [-0.25, -0.2) is 0 Å². The Labute approximate surface area is 121 Å². The molecule has 2 atom stereocenters. The third kappa shape index (κ3) is 5.13. The average molecular weight is 282 g/mol. The van der Waals surface area contributed by atoms with Crippen LogP contribution in [0.15, 0.2) is 24.3 Å². The first-order valence-electron chi connectivity index (χ1n) is 7.34. The molecule has 0 radical (unpaired) electrons. The molecule has 0 aromatic heterocycles. The molecule has 0 amide bonds. The van der Waals surface area contributed by atoms with E-state index in [0.717, 1.165) is 37.6 Å². The minimum Gasteiger partial charge on any atom is -0.378 e. The number of rotatable bonds is 7.